The predicted octanol–water partition coefficient (Wildman–Crippen LogP) is 1.57. The molecule has 0 saturated carbocycles. The van der Waals surface area contributed by atoms with E-state index < -0.39 is 0 Å². The van der Waals surface area contributed by atoms with Crippen molar-refractivity contribution in [2.45, 2.75) is 31.1 Å². The van der Waals surface area contributed by atoms with E-state index in [9.17, 15) is 0 Å². The molecule has 2 bridgehead atoms. The number of methoxy groups -OCH3 is 2. The number of nitrogens with zero attached hydrogens (tertiary/aromatic N) is 1. The number of nitrogens with two attached hydrogens (primary N) is 1. The average Bonchev–Trinajstić information content (AvgIpc) is 2.86. The van der Waals surface area contributed by atoms with Crippen LogP contribution in [0, 0.1) is 0 Å². The maximum atomic E-state index is 6.08. The van der Waals surface area contributed by atoms with Crippen LogP contribution in [-0.4, -0.2) is 51.0 Å². The van der Waals surface area contributed by atoms with Gasteiger partial charge in [-0.2, -0.15) is 0 Å². The molecule has 116 valence electrons. The molecule has 21 heavy (non-hydrogen) atoms. The second-order valence-corrected chi connectivity index (χ2v) is 5.77. The van der Waals surface area contributed by atoms with E-state index >= 15 is 0 Å². The molecule has 2 fully saturated rings. The van der Waals surface area contributed by atoms with Crippen molar-refractivity contribution in [3.8, 4) is 11.5 Å². The number of fused-ring (bicyclic) bond motifs is 2. The number of ether oxygens (including phenoxy) is 3. The fraction of sp³-hybridized carbons (Fsp3) is 0.625. The summed E-state index contributed by atoms with van der Waals surface area (Å²) >= 11 is 0. The minimum Gasteiger partial charge on any atom is -0.497 e. The number of benzene rings is 1. The Morgan fingerprint density at radius 2 is 1.95 bits per heavy atom. The molecule has 2 heterocycles. The summed E-state index contributed by atoms with van der Waals surface area (Å²) in [6.45, 7) is 2.44. The van der Waals surface area contributed by atoms with E-state index in [1.165, 1.54) is 0 Å². The standard InChI is InChI=1S/C16H24N2O3/c1-19-11-5-6-16(20-2)14(7-11)15(8-17)18-9-12-3-4-13(10-18)21-12/h5-7,12-13,15H,3-4,8-10,17H2,1-2H3. The lowest BCUT2D eigenvalue weighted by Gasteiger charge is -2.38. The van der Waals surface area contributed by atoms with Crippen molar-refractivity contribution in [2.24, 2.45) is 5.73 Å². The molecule has 0 radical (unpaired) electrons. The Labute approximate surface area is 126 Å². The average molecular weight is 292 g/mol. The molecule has 3 rings (SSSR count). The van der Waals surface area contributed by atoms with Crippen LogP contribution in [0.2, 0.25) is 0 Å². The first kappa shape index (κ1) is 14.6. The van der Waals surface area contributed by atoms with Crippen LogP contribution in [0.15, 0.2) is 18.2 Å². The molecule has 5 heteroatoms. The highest BCUT2D eigenvalue weighted by Crippen LogP contribution is 2.36. The third-order valence-electron chi connectivity index (χ3n) is 4.53. The van der Waals surface area contributed by atoms with E-state index in [2.05, 4.69) is 4.90 Å². The zero-order chi connectivity index (χ0) is 14.8. The normalized spacial score (nSPS) is 26.6. The van der Waals surface area contributed by atoms with Gasteiger partial charge >= 0.3 is 0 Å². The number of hydrogen-bond donors (Lipinski definition) is 1. The fourth-order valence-electron chi connectivity index (χ4n) is 3.47. The Hall–Kier alpha value is -1.30. The van der Waals surface area contributed by atoms with Gasteiger partial charge in [0.15, 0.2) is 0 Å². The summed E-state index contributed by atoms with van der Waals surface area (Å²) in [4.78, 5) is 2.43. The predicted molar refractivity (Wildman–Crippen MR) is 80.8 cm³/mol. The van der Waals surface area contributed by atoms with Gasteiger partial charge in [0, 0.05) is 25.2 Å². The molecular formula is C16H24N2O3. The maximum absolute atomic E-state index is 6.08. The number of morpholine rings is 1. The zero-order valence-electron chi connectivity index (χ0n) is 12.7. The van der Waals surface area contributed by atoms with Crippen LogP contribution in [-0.2, 0) is 4.74 Å². The van der Waals surface area contributed by atoms with E-state index in [0.717, 1.165) is 43.0 Å². The SMILES string of the molecule is COc1ccc(OC)c(C(CN)N2CC3CCC(C2)O3)c1. The molecule has 5 nitrogen and oxygen atoms in total. The van der Waals surface area contributed by atoms with Crippen LogP contribution in [0.3, 0.4) is 0 Å². The second-order valence-electron chi connectivity index (χ2n) is 5.77. The summed E-state index contributed by atoms with van der Waals surface area (Å²) in [5.41, 5.74) is 7.18. The first-order chi connectivity index (χ1) is 10.2. The van der Waals surface area contributed by atoms with Gasteiger partial charge in [-0.1, -0.05) is 0 Å². The molecule has 3 atom stereocenters. The molecule has 0 amide bonds. The molecule has 3 unspecified atom stereocenters. The van der Waals surface area contributed by atoms with Crippen molar-refractivity contribution in [2.75, 3.05) is 33.9 Å². The Morgan fingerprint density at radius 1 is 1.24 bits per heavy atom. The third-order valence-corrected chi connectivity index (χ3v) is 4.53. The highest BCUT2D eigenvalue weighted by molar-refractivity contribution is 5.42. The topological polar surface area (TPSA) is 57.0 Å². The lowest BCUT2D eigenvalue weighted by Crippen LogP contribution is -2.46. The van der Waals surface area contributed by atoms with Crippen LogP contribution >= 0.6 is 0 Å². The molecule has 1 aromatic carbocycles. The summed E-state index contributed by atoms with van der Waals surface area (Å²) < 4.78 is 16.8. The lowest BCUT2D eigenvalue weighted by molar-refractivity contribution is -0.0523. The molecule has 2 N–H and O–H groups in total. The van der Waals surface area contributed by atoms with Gasteiger partial charge in [0.25, 0.3) is 0 Å². The van der Waals surface area contributed by atoms with Gasteiger partial charge in [-0.15, -0.1) is 0 Å². The highest BCUT2D eigenvalue weighted by Gasteiger charge is 2.37. The monoisotopic (exact) mass is 292 g/mol. The molecule has 0 spiro atoms. The molecule has 2 aliphatic rings. The van der Waals surface area contributed by atoms with E-state index in [0.29, 0.717) is 18.8 Å². The quantitative estimate of drug-likeness (QED) is 0.892. The number of likely N-dealkylation sites (tertiary alicyclic amines) is 1. The van der Waals surface area contributed by atoms with Crippen molar-refractivity contribution in [3.63, 3.8) is 0 Å². The fourth-order valence-corrected chi connectivity index (χ4v) is 3.47. The van der Waals surface area contributed by atoms with Gasteiger partial charge in [-0.25, -0.2) is 0 Å². The molecule has 0 aromatic heterocycles. The van der Waals surface area contributed by atoms with Crippen LogP contribution < -0.4 is 15.2 Å². The smallest absolute Gasteiger partial charge is 0.123 e. The van der Waals surface area contributed by atoms with Crippen LogP contribution in [0.5, 0.6) is 11.5 Å². The first-order valence-electron chi connectivity index (χ1n) is 7.56. The van der Waals surface area contributed by atoms with E-state index in [1.807, 2.05) is 18.2 Å². The van der Waals surface area contributed by atoms with Crippen molar-refractivity contribution < 1.29 is 14.2 Å². The molecule has 2 saturated heterocycles. The van der Waals surface area contributed by atoms with Crippen molar-refractivity contribution in [1.29, 1.82) is 0 Å². The molecular weight excluding hydrogens is 268 g/mol. The minimum absolute atomic E-state index is 0.141. The van der Waals surface area contributed by atoms with Crippen LogP contribution in [0.4, 0.5) is 0 Å². The van der Waals surface area contributed by atoms with Crippen LogP contribution in [0.1, 0.15) is 24.4 Å². The third kappa shape index (κ3) is 2.86. The number of hydrogen-bond acceptors (Lipinski definition) is 5. The van der Waals surface area contributed by atoms with Crippen molar-refractivity contribution in [1.82, 2.24) is 4.90 Å². The summed E-state index contributed by atoms with van der Waals surface area (Å²) in [6.07, 6.45) is 3.03. The van der Waals surface area contributed by atoms with Gasteiger partial charge in [0.1, 0.15) is 11.5 Å². The van der Waals surface area contributed by atoms with Gasteiger partial charge < -0.3 is 19.9 Å². The van der Waals surface area contributed by atoms with Gasteiger partial charge in [0.05, 0.1) is 32.5 Å². The van der Waals surface area contributed by atoms with Gasteiger partial charge in [-0.3, -0.25) is 4.90 Å². The summed E-state index contributed by atoms with van der Waals surface area (Å²) in [6, 6.07) is 6.04. The molecule has 1 aromatic rings. The van der Waals surface area contributed by atoms with Crippen LogP contribution in [0.25, 0.3) is 0 Å². The summed E-state index contributed by atoms with van der Waals surface area (Å²) in [5.74, 6) is 1.70. The lowest BCUT2D eigenvalue weighted by atomic mass is 10.0. The van der Waals surface area contributed by atoms with Gasteiger partial charge in [-0.05, 0) is 31.0 Å². The number of rotatable bonds is 5. The van der Waals surface area contributed by atoms with Gasteiger partial charge in [0.2, 0.25) is 0 Å². The maximum Gasteiger partial charge on any atom is 0.123 e. The Balaban J connectivity index is 1.88. The summed E-state index contributed by atoms with van der Waals surface area (Å²) in [5, 5.41) is 0. The summed E-state index contributed by atoms with van der Waals surface area (Å²) in [7, 11) is 3.37. The second kappa shape index (κ2) is 6.22. The molecule has 0 aliphatic carbocycles. The Morgan fingerprint density at radius 3 is 2.52 bits per heavy atom. The zero-order valence-corrected chi connectivity index (χ0v) is 12.7. The molecule has 2 aliphatic heterocycles. The van der Waals surface area contributed by atoms with Crippen molar-refractivity contribution >= 4 is 0 Å². The minimum atomic E-state index is 0.141. The Kier molecular flexibility index (Phi) is 4.33. The highest BCUT2D eigenvalue weighted by atomic mass is 16.5. The largest absolute Gasteiger partial charge is 0.497 e. The Bertz CT molecular complexity index is 482. The first-order valence-corrected chi connectivity index (χ1v) is 7.56. The van der Waals surface area contributed by atoms with Crippen molar-refractivity contribution in [3.05, 3.63) is 23.8 Å². The van der Waals surface area contributed by atoms with E-state index in [1.54, 1.807) is 14.2 Å². The van der Waals surface area contributed by atoms with E-state index in [-0.39, 0.29) is 6.04 Å². The van der Waals surface area contributed by atoms with E-state index in [4.69, 9.17) is 19.9 Å².